The summed E-state index contributed by atoms with van der Waals surface area (Å²) in [5, 5.41) is 17.9. The molecule has 0 amide bonds. The largest absolute Gasteiger partial charge is 0.481 e. The second-order valence-corrected chi connectivity index (χ2v) is 3.37. The van der Waals surface area contributed by atoms with E-state index in [4.69, 9.17) is 5.11 Å². The summed E-state index contributed by atoms with van der Waals surface area (Å²) < 4.78 is 0.615. The van der Waals surface area contributed by atoms with Gasteiger partial charge in [-0.05, 0) is 27.6 Å². The Morgan fingerprint density at radius 2 is 2.38 bits per heavy atom. The lowest BCUT2D eigenvalue weighted by atomic mass is 10.1. The van der Waals surface area contributed by atoms with Crippen molar-refractivity contribution < 1.29 is 15.0 Å². The Hall–Kier alpha value is -0.940. The summed E-state index contributed by atoms with van der Waals surface area (Å²) in [6.45, 7) is 0. The number of hydrogen-bond acceptors (Lipinski definition) is 3. The molecule has 70 valence electrons. The summed E-state index contributed by atoms with van der Waals surface area (Å²) in [4.78, 5) is 14.1. The topological polar surface area (TPSA) is 70.4 Å². The zero-order valence-corrected chi connectivity index (χ0v) is 8.23. The third-order valence-electron chi connectivity index (χ3n) is 1.53. The number of aliphatic hydroxyl groups is 1. The molecule has 0 aliphatic heterocycles. The molecule has 13 heavy (non-hydrogen) atoms. The lowest BCUT2D eigenvalue weighted by Gasteiger charge is -2.09. The molecule has 1 aromatic heterocycles. The second-order valence-electron chi connectivity index (χ2n) is 2.51. The molecule has 0 aromatic carbocycles. The molecule has 1 rings (SSSR count). The van der Waals surface area contributed by atoms with Crippen molar-refractivity contribution in [2.24, 2.45) is 0 Å². The molecule has 0 saturated carbocycles. The zero-order valence-electron chi connectivity index (χ0n) is 6.64. The molecule has 0 unspecified atom stereocenters. The fourth-order valence-corrected chi connectivity index (χ4v) is 1.45. The Bertz CT molecular complexity index is 316. The smallest absolute Gasteiger partial charge is 0.306 e. The number of carboxylic acid groups (broad SMARTS) is 1. The standard InChI is InChI=1S/C8H8BrNO3/c9-6-4-10-2-1-5(6)7(11)3-8(12)13/h1-2,4,7,11H,3H2,(H,12,13)/t7-/m1/s1. The van der Waals surface area contributed by atoms with Crippen LogP contribution in [0.15, 0.2) is 22.9 Å². The Kier molecular flexibility index (Phi) is 3.39. The van der Waals surface area contributed by atoms with Gasteiger partial charge in [-0.3, -0.25) is 9.78 Å². The Labute approximate surface area is 83.4 Å². The monoisotopic (exact) mass is 245 g/mol. The minimum Gasteiger partial charge on any atom is -0.481 e. The van der Waals surface area contributed by atoms with Crippen LogP contribution in [0.5, 0.6) is 0 Å². The van der Waals surface area contributed by atoms with Crippen LogP contribution < -0.4 is 0 Å². The number of pyridine rings is 1. The molecule has 0 saturated heterocycles. The van der Waals surface area contributed by atoms with E-state index in [1.165, 1.54) is 12.4 Å². The maximum Gasteiger partial charge on any atom is 0.306 e. The van der Waals surface area contributed by atoms with E-state index < -0.39 is 12.1 Å². The molecule has 0 fully saturated rings. The van der Waals surface area contributed by atoms with Crippen molar-refractivity contribution >= 4 is 21.9 Å². The van der Waals surface area contributed by atoms with Crippen LogP contribution in [-0.4, -0.2) is 21.2 Å². The van der Waals surface area contributed by atoms with Gasteiger partial charge in [0, 0.05) is 16.9 Å². The first-order valence-corrected chi connectivity index (χ1v) is 4.40. The van der Waals surface area contributed by atoms with E-state index in [2.05, 4.69) is 20.9 Å². The molecule has 5 heteroatoms. The van der Waals surface area contributed by atoms with Crippen LogP contribution in [0.1, 0.15) is 18.1 Å². The molecule has 2 N–H and O–H groups in total. The number of halogens is 1. The highest BCUT2D eigenvalue weighted by Crippen LogP contribution is 2.23. The highest BCUT2D eigenvalue weighted by atomic mass is 79.9. The number of aliphatic hydroxyl groups excluding tert-OH is 1. The molecule has 1 heterocycles. The van der Waals surface area contributed by atoms with Gasteiger partial charge in [0.05, 0.1) is 12.5 Å². The van der Waals surface area contributed by atoms with E-state index in [-0.39, 0.29) is 6.42 Å². The maximum absolute atomic E-state index is 10.3. The van der Waals surface area contributed by atoms with Gasteiger partial charge in [0.1, 0.15) is 0 Å². The number of carbonyl (C=O) groups is 1. The van der Waals surface area contributed by atoms with E-state index in [0.717, 1.165) is 0 Å². The van der Waals surface area contributed by atoms with Crippen LogP contribution in [0, 0.1) is 0 Å². The van der Waals surface area contributed by atoms with Crippen molar-refractivity contribution in [3.8, 4) is 0 Å². The quantitative estimate of drug-likeness (QED) is 0.844. The molecule has 1 atom stereocenters. The summed E-state index contributed by atoms with van der Waals surface area (Å²) in [5.74, 6) is -1.03. The SMILES string of the molecule is O=C(O)C[C@@H](O)c1ccncc1Br. The van der Waals surface area contributed by atoms with Gasteiger partial charge < -0.3 is 10.2 Å². The highest BCUT2D eigenvalue weighted by Gasteiger charge is 2.14. The summed E-state index contributed by atoms with van der Waals surface area (Å²) in [6, 6.07) is 1.58. The van der Waals surface area contributed by atoms with Crippen molar-refractivity contribution in [1.82, 2.24) is 4.98 Å². The van der Waals surface area contributed by atoms with Gasteiger partial charge in [0.15, 0.2) is 0 Å². The van der Waals surface area contributed by atoms with Crippen molar-refractivity contribution in [1.29, 1.82) is 0 Å². The number of nitrogens with zero attached hydrogens (tertiary/aromatic N) is 1. The molecule has 0 aliphatic carbocycles. The Balaban J connectivity index is 2.82. The van der Waals surface area contributed by atoms with Crippen LogP contribution in [0.2, 0.25) is 0 Å². The minimum absolute atomic E-state index is 0.303. The molecule has 0 aliphatic rings. The van der Waals surface area contributed by atoms with E-state index in [9.17, 15) is 9.90 Å². The average Bonchev–Trinajstić information content (AvgIpc) is 2.03. The van der Waals surface area contributed by atoms with Gasteiger partial charge in [-0.2, -0.15) is 0 Å². The van der Waals surface area contributed by atoms with Gasteiger partial charge in [-0.1, -0.05) is 0 Å². The third kappa shape index (κ3) is 2.78. The predicted molar refractivity (Wildman–Crippen MR) is 49.1 cm³/mol. The first-order valence-electron chi connectivity index (χ1n) is 3.60. The maximum atomic E-state index is 10.3. The normalized spacial score (nSPS) is 12.5. The predicted octanol–water partition coefficient (Wildman–Crippen LogP) is 1.35. The molecule has 1 aromatic rings. The number of carboxylic acids is 1. The van der Waals surface area contributed by atoms with Crippen LogP contribution in [0.3, 0.4) is 0 Å². The van der Waals surface area contributed by atoms with Gasteiger partial charge in [-0.15, -0.1) is 0 Å². The van der Waals surface area contributed by atoms with Crippen molar-refractivity contribution in [3.05, 3.63) is 28.5 Å². The van der Waals surface area contributed by atoms with Gasteiger partial charge in [-0.25, -0.2) is 0 Å². The minimum atomic E-state index is -1.03. The van der Waals surface area contributed by atoms with Crippen LogP contribution in [-0.2, 0) is 4.79 Å². The summed E-state index contributed by atoms with van der Waals surface area (Å²) >= 11 is 3.17. The number of aromatic nitrogens is 1. The molecule has 0 spiro atoms. The first kappa shape index (κ1) is 10.1. The van der Waals surface area contributed by atoms with E-state index in [1.807, 2.05) is 0 Å². The van der Waals surface area contributed by atoms with Crippen molar-refractivity contribution in [3.63, 3.8) is 0 Å². The lowest BCUT2D eigenvalue weighted by Crippen LogP contribution is -2.06. The second kappa shape index (κ2) is 4.34. The third-order valence-corrected chi connectivity index (χ3v) is 2.19. The van der Waals surface area contributed by atoms with Gasteiger partial charge in [0.25, 0.3) is 0 Å². The molecule has 0 bridgehead atoms. The van der Waals surface area contributed by atoms with E-state index in [0.29, 0.717) is 10.0 Å². The van der Waals surface area contributed by atoms with E-state index >= 15 is 0 Å². The Morgan fingerprint density at radius 3 is 2.92 bits per heavy atom. The number of aliphatic carboxylic acids is 1. The van der Waals surface area contributed by atoms with Crippen LogP contribution in [0.4, 0.5) is 0 Å². The van der Waals surface area contributed by atoms with Gasteiger partial charge in [0.2, 0.25) is 0 Å². The summed E-state index contributed by atoms with van der Waals surface area (Å²) in [7, 11) is 0. The van der Waals surface area contributed by atoms with Crippen molar-refractivity contribution in [2.45, 2.75) is 12.5 Å². The summed E-state index contributed by atoms with van der Waals surface area (Å²) in [5.41, 5.74) is 0.539. The fraction of sp³-hybridized carbons (Fsp3) is 0.250. The molecule has 0 radical (unpaired) electrons. The van der Waals surface area contributed by atoms with Crippen LogP contribution >= 0.6 is 15.9 Å². The zero-order chi connectivity index (χ0) is 9.84. The molecular formula is C8H8BrNO3. The molecular weight excluding hydrogens is 238 g/mol. The number of hydrogen-bond donors (Lipinski definition) is 2. The van der Waals surface area contributed by atoms with E-state index in [1.54, 1.807) is 6.07 Å². The van der Waals surface area contributed by atoms with Crippen LogP contribution in [0.25, 0.3) is 0 Å². The average molecular weight is 246 g/mol. The Morgan fingerprint density at radius 1 is 1.69 bits per heavy atom. The first-order chi connectivity index (χ1) is 6.11. The van der Waals surface area contributed by atoms with Crippen molar-refractivity contribution in [2.75, 3.05) is 0 Å². The summed E-state index contributed by atoms with van der Waals surface area (Å²) in [6.07, 6.45) is 1.73. The van der Waals surface area contributed by atoms with Gasteiger partial charge >= 0.3 is 5.97 Å². The highest BCUT2D eigenvalue weighted by molar-refractivity contribution is 9.10. The number of rotatable bonds is 3. The molecule has 4 nitrogen and oxygen atoms in total. The fourth-order valence-electron chi connectivity index (χ4n) is 0.932. The lowest BCUT2D eigenvalue weighted by molar-refractivity contribution is -0.139.